The van der Waals surface area contributed by atoms with Gasteiger partial charge in [-0.25, -0.2) is 4.79 Å². The standard InChI is InChI=1S/C25H25NO6/c1-25(2,3)32-24(27)26-12-15-9-19(28-4)20(29-5)10-17(15)16-7-6-14-8-21-22(31-13-30-21)11-18(14)23(16)26/h6-11H,12-13H2,1-5H3. The molecule has 2 aliphatic rings. The maximum atomic E-state index is 13.3. The van der Waals surface area contributed by atoms with Gasteiger partial charge in [0.1, 0.15) is 5.60 Å². The Bertz CT molecular complexity index is 1240. The van der Waals surface area contributed by atoms with E-state index in [9.17, 15) is 4.79 Å². The highest BCUT2D eigenvalue weighted by molar-refractivity contribution is 6.10. The fourth-order valence-electron chi connectivity index (χ4n) is 4.23. The Hall–Kier alpha value is -3.61. The lowest BCUT2D eigenvalue weighted by Crippen LogP contribution is -2.38. The zero-order chi connectivity index (χ0) is 22.6. The van der Waals surface area contributed by atoms with Gasteiger partial charge in [0, 0.05) is 10.9 Å². The van der Waals surface area contributed by atoms with Crippen LogP contribution < -0.4 is 23.8 Å². The number of anilines is 1. The summed E-state index contributed by atoms with van der Waals surface area (Å²) in [6.07, 6.45) is -0.413. The third-order valence-corrected chi connectivity index (χ3v) is 5.60. The molecule has 0 saturated heterocycles. The zero-order valence-corrected chi connectivity index (χ0v) is 18.8. The smallest absolute Gasteiger partial charge is 0.415 e. The first-order valence-corrected chi connectivity index (χ1v) is 10.4. The summed E-state index contributed by atoms with van der Waals surface area (Å²) in [5.41, 5.74) is 2.98. The number of carbonyl (C=O) groups excluding carboxylic acids is 1. The molecular weight excluding hydrogens is 410 g/mol. The highest BCUT2D eigenvalue weighted by atomic mass is 16.7. The van der Waals surface area contributed by atoms with Crippen LogP contribution >= 0.6 is 0 Å². The second-order valence-electron chi connectivity index (χ2n) is 8.82. The highest BCUT2D eigenvalue weighted by Gasteiger charge is 2.33. The minimum Gasteiger partial charge on any atom is -0.493 e. The van der Waals surface area contributed by atoms with Crippen LogP contribution in [0.5, 0.6) is 23.0 Å². The van der Waals surface area contributed by atoms with Gasteiger partial charge in [-0.2, -0.15) is 0 Å². The Morgan fingerprint density at radius 3 is 2.31 bits per heavy atom. The molecule has 166 valence electrons. The van der Waals surface area contributed by atoms with Crippen molar-refractivity contribution in [1.29, 1.82) is 0 Å². The monoisotopic (exact) mass is 435 g/mol. The number of nitrogens with zero attached hydrogens (tertiary/aromatic N) is 1. The Labute approximate surface area is 186 Å². The van der Waals surface area contributed by atoms with Crippen LogP contribution in [0.4, 0.5) is 10.5 Å². The maximum Gasteiger partial charge on any atom is 0.415 e. The van der Waals surface area contributed by atoms with Crippen molar-refractivity contribution in [2.24, 2.45) is 0 Å². The van der Waals surface area contributed by atoms with Gasteiger partial charge in [0.15, 0.2) is 23.0 Å². The van der Waals surface area contributed by atoms with Crippen LogP contribution in [0.15, 0.2) is 36.4 Å². The van der Waals surface area contributed by atoms with E-state index in [0.29, 0.717) is 29.5 Å². The summed E-state index contributed by atoms with van der Waals surface area (Å²) in [5.74, 6) is 2.61. The summed E-state index contributed by atoms with van der Waals surface area (Å²) < 4.78 is 28.0. The molecule has 5 rings (SSSR count). The fourth-order valence-corrected chi connectivity index (χ4v) is 4.23. The molecule has 0 N–H and O–H groups in total. The quantitative estimate of drug-likeness (QED) is 0.529. The molecular formula is C25H25NO6. The lowest BCUT2D eigenvalue weighted by Gasteiger charge is -2.34. The number of carbonyl (C=O) groups is 1. The van der Waals surface area contributed by atoms with Crippen LogP contribution in [0.3, 0.4) is 0 Å². The fraction of sp³-hybridized carbons (Fsp3) is 0.320. The summed E-state index contributed by atoms with van der Waals surface area (Å²) in [5, 5.41) is 1.84. The Balaban J connectivity index is 1.77. The molecule has 0 spiro atoms. The average molecular weight is 435 g/mol. The number of fused-ring (bicyclic) bond motifs is 6. The molecule has 3 aromatic carbocycles. The second-order valence-corrected chi connectivity index (χ2v) is 8.82. The van der Waals surface area contributed by atoms with Crippen molar-refractivity contribution in [3.63, 3.8) is 0 Å². The van der Waals surface area contributed by atoms with E-state index in [4.69, 9.17) is 23.7 Å². The SMILES string of the molecule is COc1cc2c(cc1OC)-c1ccc3cc4c(cc3c1N(C(=O)OC(C)(C)C)C2)OCO4. The first kappa shape index (κ1) is 20.3. The molecule has 0 atom stereocenters. The number of benzene rings is 3. The molecule has 0 radical (unpaired) electrons. The van der Waals surface area contributed by atoms with Crippen molar-refractivity contribution in [2.45, 2.75) is 32.9 Å². The minimum absolute atomic E-state index is 0.184. The van der Waals surface area contributed by atoms with E-state index in [-0.39, 0.29) is 6.79 Å². The van der Waals surface area contributed by atoms with Gasteiger partial charge in [-0.3, -0.25) is 4.90 Å². The minimum atomic E-state index is -0.627. The van der Waals surface area contributed by atoms with Gasteiger partial charge in [0.2, 0.25) is 6.79 Å². The third-order valence-electron chi connectivity index (χ3n) is 5.60. The third kappa shape index (κ3) is 3.25. The van der Waals surface area contributed by atoms with Gasteiger partial charge in [0.25, 0.3) is 0 Å². The van der Waals surface area contributed by atoms with Crippen molar-refractivity contribution in [3.8, 4) is 34.1 Å². The van der Waals surface area contributed by atoms with E-state index in [1.54, 1.807) is 19.1 Å². The van der Waals surface area contributed by atoms with Crippen molar-refractivity contribution >= 4 is 22.6 Å². The summed E-state index contributed by atoms with van der Waals surface area (Å²) >= 11 is 0. The maximum absolute atomic E-state index is 13.3. The molecule has 0 aliphatic carbocycles. The van der Waals surface area contributed by atoms with Crippen LogP contribution in [-0.2, 0) is 11.3 Å². The summed E-state index contributed by atoms with van der Waals surface area (Å²) in [7, 11) is 3.21. The number of ether oxygens (including phenoxy) is 5. The van der Waals surface area contributed by atoms with Crippen LogP contribution in [-0.4, -0.2) is 32.7 Å². The Kier molecular flexibility index (Phi) is 4.58. The molecule has 0 bridgehead atoms. The largest absolute Gasteiger partial charge is 0.493 e. The van der Waals surface area contributed by atoms with Gasteiger partial charge in [-0.15, -0.1) is 0 Å². The van der Waals surface area contributed by atoms with E-state index in [1.807, 2.05) is 57.2 Å². The topological polar surface area (TPSA) is 66.5 Å². The molecule has 0 saturated carbocycles. The number of hydrogen-bond acceptors (Lipinski definition) is 6. The van der Waals surface area contributed by atoms with Gasteiger partial charge < -0.3 is 23.7 Å². The van der Waals surface area contributed by atoms with Crippen LogP contribution in [0.1, 0.15) is 26.3 Å². The van der Waals surface area contributed by atoms with E-state index in [1.165, 1.54) is 0 Å². The van der Waals surface area contributed by atoms with Crippen LogP contribution in [0.2, 0.25) is 0 Å². The van der Waals surface area contributed by atoms with E-state index in [2.05, 4.69) is 0 Å². The molecule has 7 nitrogen and oxygen atoms in total. The first-order chi connectivity index (χ1) is 15.3. The average Bonchev–Trinajstić information content (AvgIpc) is 3.21. The molecule has 3 aromatic rings. The van der Waals surface area contributed by atoms with E-state index in [0.717, 1.165) is 33.2 Å². The van der Waals surface area contributed by atoms with Gasteiger partial charge in [-0.1, -0.05) is 12.1 Å². The molecule has 0 fully saturated rings. The zero-order valence-electron chi connectivity index (χ0n) is 18.8. The van der Waals surface area contributed by atoms with E-state index < -0.39 is 11.7 Å². The number of methoxy groups -OCH3 is 2. The van der Waals surface area contributed by atoms with Crippen LogP contribution in [0.25, 0.3) is 21.9 Å². The highest BCUT2D eigenvalue weighted by Crippen LogP contribution is 2.49. The van der Waals surface area contributed by atoms with E-state index >= 15 is 0 Å². The summed E-state index contributed by atoms with van der Waals surface area (Å²) in [6.45, 7) is 6.10. The predicted octanol–water partition coefficient (Wildman–Crippen LogP) is 5.51. The molecule has 2 aliphatic heterocycles. The summed E-state index contributed by atoms with van der Waals surface area (Å²) in [4.78, 5) is 15.0. The molecule has 32 heavy (non-hydrogen) atoms. The molecule has 2 heterocycles. The molecule has 0 aromatic heterocycles. The van der Waals surface area contributed by atoms with Crippen LogP contribution in [0, 0.1) is 0 Å². The normalized spacial score (nSPS) is 14.1. The number of rotatable bonds is 2. The molecule has 1 amide bonds. The first-order valence-electron chi connectivity index (χ1n) is 10.4. The van der Waals surface area contributed by atoms with Crippen molar-refractivity contribution in [3.05, 3.63) is 42.0 Å². The lowest BCUT2D eigenvalue weighted by atomic mass is 9.90. The van der Waals surface area contributed by atoms with Crippen molar-refractivity contribution in [1.82, 2.24) is 0 Å². The second kappa shape index (κ2) is 7.22. The van der Waals surface area contributed by atoms with Crippen molar-refractivity contribution in [2.75, 3.05) is 25.9 Å². The Morgan fingerprint density at radius 1 is 0.938 bits per heavy atom. The van der Waals surface area contributed by atoms with Gasteiger partial charge in [0.05, 0.1) is 26.5 Å². The Morgan fingerprint density at radius 2 is 1.62 bits per heavy atom. The number of hydrogen-bond donors (Lipinski definition) is 0. The van der Waals surface area contributed by atoms with Gasteiger partial charge in [-0.05, 0) is 61.5 Å². The van der Waals surface area contributed by atoms with Crippen molar-refractivity contribution < 1.29 is 28.5 Å². The predicted molar refractivity (Wildman–Crippen MR) is 121 cm³/mol. The molecule has 0 unspecified atom stereocenters. The summed E-state index contributed by atoms with van der Waals surface area (Å²) in [6, 6.07) is 11.8. The number of amides is 1. The van der Waals surface area contributed by atoms with Gasteiger partial charge >= 0.3 is 6.09 Å². The molecule has 7 heteroatoms. The lowest BCUT2D eigenvalue weighted by molar-refractivity contribution is 0.0577.